The van der Waals surface area contributed by atoms with Crippen LogP contribution in [0, 0.1) is 11.6 Å². The standard InChI is InChI=1S/C14H15F2NO3/c1-4-20-14(19)11(8-17(2)3)13(18)10-7-9(15)5-6-12(10)16/h5-8H,4H2,1-3H3/b11-8-. The highest BCUT2D eigenvalue weighted by atomic mass is 19.1. The molecule has 0 atom stereocenters. The summed E-state index contributed by atoms with van der Waals surface area (Å²) in [5, 5.41) is 0. The predicted octanol–water partition coefficient (Wildman–Crippen LogP) is 2.16. The third-order valence-electron chi connectivity index (χ3n) is 2.30. The highest BCUT2D eigenvalue weighted by molar-refractivity contribution is 6.24. The quantitative estimate of drug-likeness (QED) is 0.273. The first kappa shape index (κ1) is 15.8. The van der Waals surface area contributed by atoms with E-state index in [4.69, 9.17) is 4.74 Å². The average Bonchev–Trinajstić information content (AvgIpc) is 2.38. The summed E-state index contributed by atoms with van der Waals surface area (Å²) in [7, 11) is 3.18. The van der Waals surface area contributed by atoms with E-state index in [1.54, 1.807) is 21.0 Å². The number of hydrogen-bond acceptors (Lipinski definition) is 4. The number of halogens is 2. The van der Waals surface area contributed by atoms with Gasteiger partial charge in [0, 0.05) is 20.3 Å². The number of carbonyl (C=O) groups is 2. The van der Waals surface area contributed by atoms with Crippen molar-refractivity contribution in [2.24, 2.45) is 0 Å². The van der Waals surface area contributed by atoms with E-state index in [1.165, 1.54) is 11.1 Å². The Labute approximate surface area is 115 Å². The molecule has 0 saturated heterocycles. The third kappa shape index (κ3) is 3.88. The predicted molar refractivity (Wildman–Crippen MR) is 69.1 cm³/mol. The molecular formula is C14H15F2NO3. The highest BCUT2D eigenvalue weighted by Gasteiger charge is 2.24. The van der Waals surface area contributed by atoms with Gasteiger partial charge in [-0.1, -0.05) is 0 Å². The fourth-order valence-corrected chi connectivity index (χ4v) is 1.49. The SMILES string of the molecule is CCOC(=O)/C(=C\N(C)C)C(=O)c1cc(F)ccc1F. The molecule has 108 valence electrons. The molecular weight excluding hydrogens is 268 g/mol. The minimum Gasteiger partial charge on any atom is -0.462 e. The second kappa shape index (κ2) is 6.79. The van der Waals surface area contributed by atoms with Gasteiger partial charge in [0.2, 0.25) is 5.78 Å². The Morgan fingerprint density at radius 1 is 1.30 bits per heavy atom. The maximum Gasteiger partial charge on any atom is 0.343 e. The van der Waals surface area contributed by atoms with Crippen molar-refractivity contribution >= 4 is 11.8 Å². The van der Waals surface area contributed by atoms with Crippen LogP contribution < -0.4 is 0 Å². The summed E-state index contributed by atoms with van der Waals surface area (Å²) in [6, 6.07) is 2.48. The van der Waals surface area contributed by atoms with Gasteiger partial charge in [-0.15, -0.1) is 0 Å². The third-order valence-corrected chi connectivity index (χ3v) is 2.30. The summed E-state index contributed by atoms with van der Waals surface area (Å²) in [4.78, 5) is 25.3. The molecule has 0 aliphatic rings. The Morgan fingerprint density at radius 3 is 2.50 bits per heavy atom. The van der Waals surface area contributed by atoms with E-state index in [1.807, 2.05) is 0 Å². The normalized spacial score (nSPS) is 11.2. The molecule has 0 unspecified atom stereocenters. The first-order valence-electron chi connectivity index (χ1n) is 5.92. The molecule has 1 aromatic carbocycles. The molecule has 0 fully saturated rings. The number of ketones is 1. The lowest BCUT2D eigenvalue weighted by Crippen LogP contribution is -2.20. The van der Waals surface area contributed by atoms with E-state index in [0.717, 1.165) is 18.2 Å². The summed E-state index contributed by atoms with van der Waals surface area (Å²) in [5.74, 6) is -3.46. The van der Waals surface area contributed by atoms with Crippen LogP contribution in [0.3, 0.4) is 0 Å². The molecule has 0 radical (unpaired) electrons. The van der Waals surface area contributed by atoms with E-state index in [-0.39, 0.29) is 12.2 Å². The van der Waals surface area contributed by atoms with Gasteiger partial charge in [0.1, 0.15) is 17.2 Å². The molecule has 0 amide bonds. The highest BCUT2D eigenvalue weighted by Crippen LogP contribution is 2.16. The van der Waals surface area contributed by atoms with Crippen molar-refractivity contribution in [1.29, 1.82) is 0 Å². The van der Waals surface area contributed by atoms with Gasteiger partial charge < -0.3 is 9.64 Å². The Balaban J connectivity index is 3.24. The van der Waals surface area contributed by atoms with Crippen LogP contribution in [0.25, 0.3) is 0 Å². The first-order valence-corrected chi connectivity index (χ1v) is 5.92. The summed E-state index contributed by atoms with van der Waals surface area (Å²) in [6.45, 7) is 1.65. The number of esters is 1. The maximum absolute atomic E-state index is 13.6. The van der Waals surface area contributed by atoms with Gasteiger partial charge in [-0.25, -0.2) is 13.6 Å². The van der Waals surface area contributed by atoms with Crippen LogP contribution in [0.2, 0.25) is 0 Å². The smallest absolute Gasteiger partial charge is 0.343 e. The van der Waals surface area contributed by atoms with Crippen molar-refractivity contribution in [1.82, 2.24) is 4.90 Å². The lowest BCUT2D eigenvalue weighted by atomic mass is 10.0. The van der Waals surface area contributed by atoms with E-state index in [9.17, 15) is 18.4 Å². The van der Waals surface area contributed by atoms with Crippen LogP contribution >= 0.6 is 0 Å². The number of hydrogen-bond donors (Lipinski definition) is 0. The van der Waals surface area contributed by atoms with Crippen LogP contribution in [0.5, 0.6) is 0 Å². The van der Waals surface area contributed by atoms with Gasteiger partial charge in [-0.05, 0) is 25.1 Å². The maximum atomic E-state index is 13.6. The molecule has 0 bridgehead atoms. The lowest BCUT2D eigenvalue weighted by Gasteiger charge is -2.11. The summed E-state index contributed by atoms with van der Waals surface area (Å²) in [5.41, 5.74) is -0.868. The van der Waals surface area contributed by atoms with Crippen molar-refractivity contribution in [3.63, 3.8) is 0 Å². The molecule has 1 aromatic rings. The second-order valence-corrected chi connectivity index (χ2v) is 4.18. The van der Waals surface area contributed by atoms with Crippen molar-refractivity contribution in [2.45, 2.75) is 6.92 Å². The Kier molecular flexibility index (Phi) is 5.37. The average molecular weight is 283 g/mol. The Morgan fingerprint density at radius 2 is 1.95 bits per heavy atom. The molecule has 0 N–H and O–H groups in total. The van der Waals surface area contributed by atoms with E-state index in [2.05, 4.69) is 0 Å². The monoisotopic (exact) mass is 283 g/mol. The van der Waals surface area contributed by atoms with Crippen LogP contribution in [-0.4, -0.2) is 37.4 Å². The zero-order valence-corrected chi connectivity index (χ0v) is 11.4. The molecule has 0 saturated carbocycles. The van der Waals surface area contributed by atoms with Gasteiger partial charge in [-0.2, -0.15) is 0 Å². The number of rotatable bonds is 5. The lowest BCUT2D eigenvalue weighted by molar-refractivity contribution is -0.138. The molecule has 20 heavy (non-hydrogen) atoms. The summed E-state index contributed by atoms with van der Waals surface area (Å²) in [6.07, 6.45) is 1.21. The first-order chi connectivity index (χ1) is 9.36. The Hall–Kier alpha value is -2.24. The number of carbonyl (C=O) groups excluding carboxylic acids is 2. The summed E-state index contributed by atoms with van der Waals surface area (Å²) >= 11 is 0. The van der Waals surface area contributed by atoms with Crippen molar-refractivity contribution in [2.75, 3.05) is 20.7 Å². The fourth-order valence-electron chi connectivity index (χ4n) is 1.49. The molecule has 0 heterocycles. The van der Waals surface area contributed by atoms with Gasteiger partial charge in [0.05, 0.1) is 12.2 Å². The molecule has 0 aliphatic heterocycles. The summed E-state index contributed by atoms with van der Waals surface area (Å²) < 4.78 is 31.5. The van der Waals surface area contributed by atoms with Crippen molar-refractivity contribution < 1.29 is 23.1 Å². The molecule has 6 heteroatoms. The largest absolute Gasteiger partial charge is 0.462 e. The van der Waals surface area contributed by atoms with Crippen LogP contribution in [0.4, 0.5) is 8.78 Å². The van der Waals surface area contributed by atoms with Gasteiger partial charge in [0.15, 0.2) is 0 Å². The molecule has 1 rings (SSSR count). The Bertz CT molecular complexity index is 553. The van der Waals surface area contributed by atoms with Crippen molar-refractivity contribution in [3.05, 3.63) is 47.2 Å². The molecule has 4 nitrogen and oxygen atoms in total. The second-order valence-electron chi connectivity index (χ2n) is 4.18. The molecule has 0 aliphatic carbocycles. The minimum atomic E-state index is -0.922. The minimum absolute atomic E-state index is 0.0719. The van der Waals surface area contributed by atoms with Gasteiger partial charge in [0.25, 0.3) is 0 Å². The van der Waals surface area contributed by atoms with Crippen LogP contribution in [0.1, 0.15) is 17.3 Å². The van der Waals surface area contributed by atoms with E-state index < -0.39 is 29.0 Å². The van der Waals surface area contributed by atoms with E-state index in [0.29, 0.717) is 0 Å². The zero-order valence-electron chi connectivity index (χ0n) is 11.4. The van der Waals surface area contributed by atoms with Gasteiger partial charge in [-0.3, -0.25) is 4.79 Å². The van der Waals surface area contributed by atoms with Crippen LogP contribution in [-0.2, 0) is 9.53 Å². The van der Waals surface area contributed by atoms with Crippen LogP contribution in [0.15, 0.2) is 30.0 Å². The molecule has 0 spiro atoms. The van der Waals surface area contributed by atoms with E-state index >= 15 is 0 Å². The number of nitrogens with zero attached hydrogens (tertiary/aromatic N) is 1. The molecule has 0 aromatic heterocycles. The zero-order chi connectivity index (χ0) is 15.3. The number of benzene rings is 1. The fraction of sp³-hybridized carbons (Fsp3) is 0.286. The van der Waals surface area contributed by atoms with Crippen molar-refractivity contribution in [3.8, 4) is 0 Å². The topological polar surface area (TPSA) is 46.6 Å². The number of Topliss-reactive ketones (excluding diaryl/α,β-unsaturated/α-hetero) is 1. The number of ether oxygens (including phenoxy) is 1. The van der Waals surface area contributed by atoms with Gasteiger partial charge >= 0.3 is 5.97 Å².